The molecular weight excluding hydrogens is 262 g/mol. The maximum atomic E-state index is 4.72. The molecule has 5 heteroatoms. The lowest BCUT2D eigenvalue weighted by Gasteiger charge is -2.34. The van der Waals surface area contributed by atoms with Crippen molar-refractivity contribution >= 4 is 5.82 Å². The molecule has 1 saturated heterocycles. The standard InChI is InChI=1S/C16H23N5/c1-3-5-13-10-17-12(2)19-16(13)21-9-4-6-14(11-21)15-7-8-18-20-15/h7-8,10,14H,3-6,9,11H2,1-2H3,(H,18,20)/t14-/m1/s1. The summed E-state index contributed by atoms with van der Waals surface area (Å²) in [5, 5.41) is 7.21. The van der Waals surface area contributed by atoms with Crippen molar-refractivity contribution in [1.82, 2.24) is 20.2 Å². The monoisotopic (exact) mass is 285 g/mol. The molecule has 1 fully saturated rings. The summed E-state index contributed by atoms with van der Waals surface area (Å²) in [6.45, 7) is 6.26. The van der Waals surface area contributed by atoms with Crippen LogP contribution in [0, 0.1) is 6.92 Å². The zero-order chi connectivity index (χ0) is 14.7. The van der Waals surface area contributed by atoms with E-state index < -0.39 is 0 Å². The van der Waals surface area contributed by atoms with E-state index in [0.717, 1.165) is 37.6 Å². The quantitative estimate of drug-likeness (QED) is 0.938. The van der Waals surface area contributed by atoms with Gasteiger partial charge in [-0.3, -0.25) is 5.10 Å². The Morgan fingerprint density at radius 3 is 3.10 bits per heavy atom. The maximum Gasteiger partial charge on any atom is 0.135 e. The van der Waals surface area contributed by atoms with E-state index in [1.165, 1.54) is 24.1 Å². The highest BCUT2D eigenvalue weighted by atomic mass is 15.2. The lowest BCUT2D eigenvalue weighted by molar-refractivity contribution is 0.496. The lowest BCUT2D eigenvalue weighted by Crippen LogP contribution is -2.36. The van der Waals surface area contributed by atoms with Gasteiger partial charge in [-0.2, -0.15) is 5.10 Å². The number of aryl methyl sites for hydroxylation is 2. The summed E-state index contributed by atoms with van der Waals surface area (Å²) < 4.78 is 0. The van der Waals surface area contributed by atoms with E-state index in [1.54, 1.807) is 0 Å². The summed E-state index contributed by atoms with van der Waals surface area (Å²) in [6.07, 6.45) is 8.41. The highest BCUT2D eigenvalue weighted by molar-refractivity contribution is 5.47. The van der Waals surface area contributed by atoms with Gasteiger partial charge in [0.2, 0.25) is 0 Å². The molecule has 3 rings (SSSR count). The van der Waals surface area contributed by atoms with Gasteiger partial charge in [-0.15, -0.1) is 0 Å². The normalized spacial score (nSPS) is 19.0. The lowest BCUT2D eigenvalue weighted by atomic mass is 9.94. The van der Waals surface area contributed by atoms with E-state index >= 15 is 0 Å². The Morgan fingerprint density at radius 2 is 2.33 bits per heavy atom. The van der Waals surface area contributed by atoms with Crippen LogP contribution in [0.2, 0.25) is 0 Å². The van der Waals surface area contributed by atoms with Crippen LogP contribution < -0.4 is 4.90 Å². The summed E-state index contributed by atoms with van der Waals surface area (Å²) in [7, 11) is 0. The minimum atomic E-state index is 0.519. The molecule has 0 spiro atoms. The molecule has 21 heavy (non-hydrogen) atoms. The predicted octanol–water partition coefficient (Wildman–Crippen LogP) is 2.84. The minimum Gasteiger partial charge on any atom is -0.356 e. The fraction of sp³-hybridized carbons (Fsp3) is 0.562. The molecule has 0 amide bonds. The fourth-order valence-electron chi connectivity index (χ4n) is 3.12. The largest absolute Gasteiger partial charge is 0.356 e. The van der Waals surface area contributed by atoms with Crippen molar-refractivity contribution in [2.24, 2.45) is 0 Å². The topological polar surface area (TPSA) is 57.7 Å². The van der Waals surface area contributed by atoms with Gasteiger partial charge in [-0.25, -0.2) is 9.97 Å². The van der Waals surface area contributed by atoms with E-state index in [4.69, 9.17) is 4.98 Å². The molecule has 0 saturated carbocycles. The highest BCUT2D eigenvalue weighted by Crippen LogP contribution is 2.29. The van der Waals surface area contributed by atoms with Gasteiger partial charge in [-0.1, -0.05) is 13.3 Å². The van der Waals surface area contributed by atoms with Gasteiger partial charge in [0.15, 0.2) is 0 Å². The molecule has 3 heterocycles. The van der Waals surface area contributed by atoms with Crippen LogP contribution in [0.3, 0.4) is 0 Å². The van der Waals surface area contributed by atoms with Gasteiger partial charge in [0, 0.05) is 42.7 Å². The molecule has 2 aromatic rings. The second kappa shape index (κ2) is 6.24. The SMILES string of the molecule is CCCc1cnc(C)nc1N1CCC[C@@H](c2ccn[nH]2)C1. The molecule has 1 aliphatic rings. The van der Waals surface area contributed by atoms with Crippen molar-refractivity contribution in [3.8, 4) is 0 Å². The second-order valence-corrected chi connectivity index (χ2v) is 5.81. The van der Waals surface area contributed by atoms with Crippen LogP contribution in [0.15, 0.2) is 18.5 Å². The molecule has 5 nitrogen and oxygen atoms in total. The number of aromatic amines is 1. The number of hydrogen-bond acceptors (Lipinski definition) is 4. The first-order valence-electron chi connectivity index (χ1n) is 7.84. The van der Waals surface area contributed by atoms with E-state index in [1.807, 2.05) is 19.3 Å². The van der Waals surface area contributed by atoms with Gasteiger partial charge < -0.3 is 4.90 Å². The van der Waals surface area contributed by atoms with Gasteiger partial charge in [0.05, 0.1) is 0 Å². The van der Waals surface area contributed by atoms with Crippen LogP contribution in [-0.4, -0.2) is 33.3 Å². The second-order valence-electron chi connectivity index (χ2n) is 5.81. The van der Waals surface area contributed by atoms with Crippen molar-refractivity contribution in [1.29, 1.82) is 0 Å². The summed E-state index contributed by atoms with van der Waals surface area (Å²) in [4.78, 5) is 11.5. The molecule has 1 atom stereocenters. The van der Waals surface area contributed by atoms with Gasteiger partial charge in [0.25, 0.3) is 0 Å². The van der Waals surface area contributed by atoms with E-state index in [-0.39, 0.29) is 0 Å². The number of nitrogens with zero attached hydrogens (tertiary/aromatic N) is 4. The van der Waals surface area contributed by atoms with Gasteiger partial charge >= 0.3 is 0 Å². The molecule has 2 aromatic heterocycles. The molecule has 1 N–H and O–H groups in total. The Hall–Kier alpha value is -1.91. The Balaban J connectivity index is 1.84. The number of H-pyrrole nitrogens is 1. The first-order chi connectivity index (χ1) is 10.3. The van der Waals surface area contributed by atoms with Crippen molar-refractivity contribution < 1.29 is 0 Å². The summed E-state index contributed by atoms with van der Waals surface area (Å²) >= 11 is 0. The first kappa shape index (κ1) is 14.0. The molecule has 0 aromatic carbocycles. The Morgan fingerprint density at radius 1 is 1.43 bits per heavy atom. The van der Waals surface area contributed by atoms with Crippen LogP contribution in [0.25, 0.3) is 0 Å². The Bertz CT molecular complexity index is 578. The third-order valence-electron chi connectivity index (χ3n) is 4.16. The first-order valence-corrected chi connectivity index (χ1v) is 7.84. The van der Waals surface area contributed by atoms with Crippen molar-refractivity contribution in [2.45, 2.75) is 45.4 Å². The minimum absolute atomic E-state index is 0.519. The number of piperidine rings is 1. The number of aromatic nitrogens is 4. The van der Waals surface area contributed by atoms with Gasteiger partial charge in [0.1, 0.15) is 11.6 Å². The van der Waals surface area contributed by atoms with Crippen LogP contribution in [-0.2, 0) is 6.42 Å². The van der Waals surface area contributed by atoms with E-state index in [9.17, 15) is 0 Å². The van der Waals surface area contributed by atoms with Crippen LogP contribution in [0.4, 0.5) is 5.82 Å². The third kappa shape index (κ3) is 3.06. The third-order valence-corrected chi connectivity index (χ3v) is 4.16. The van der Waals surface area contributed by atoms with Crippen molar-refractivity contribution in [3.05, 3.63) is 35.5 Å². The Labute approximate surface area is 125 Å². The number of nitrogens with one attached hydrogen (secondary N) is 1. The highest BCUT2D eigenvalue weighted by Gasteiger charge is 2.24. The predicted molar refractivity (Wildman–Crippen MR) is 83.5 cm³/mol. The maximum absolute atomic E-state index is 4.72. The fourth-order valence-corrected chi connectivity index (χ4v) is 3.12. The van der Waals surface area contributed by atoms with Gasteiger partial charge in [-0.05, 0) is 32.3 Å². The molecule has 112 valence electrons. The van der Waals surface area contributed by atoms with Crippen molar-refractivity contribution in [3.63, 3.8) is 0 Å². The zero-order valence-corrected chi connectivity index (χ0v) is 12.8. The molecule has 0 aliphatic carbocycles. The zero-order valence-electron chi connectivity index (χ0n) is 12.8. The smallest absolute Gasteiger partial charge is 0.135 e. The van der Waals surface area contributed by atoms with Crippen LogP contribution in [0.1, 0.15) is 49.2 Å². The van der Waals surface area contributed by atoms with E-state index in [2.05, 4.69) is 33.1 Å². The number of rotatable bonds is 4. The Kier molecular flexibility index (Phi) is 4.18. The van der Waals surface area contributed by atoms with Crippen LogP contribution in [0.5, 0.6) is 0 Å². The van der Waals surface area contributed by atoms with Crippen LogP contribution >= 0.6 is 0 Å². The molecular formula is C16H23N5. The summed E-state index contributed by atoms with van der Waals surface area (Å²) in [6, 6.07) is 2.09. The molecule has 0 unspecified atom stereocenters. The number of anilines is 1. The number of hydrogen-bond donors (Lipinski definition) is 1. The summed E-state index contributed by atoms with van der Waals surface area (Å²) in [5.41, 5.74) is 2.51. The summed E-state index contributed by atoms with van der Waals surface area (Å²) in [5.74, 6) is 2.51. The van der Waals surface area contributed by atoms with Crippen molar-refractivity contribution in [2.75, 3.05) is 18.0 Å². The average molecular weight is 285 g/mol. The average Bonchev–Trinajstić information content (AvgIpc) is 3.04. The molecule has 0 radical (unpaired) electrons. The molecule has 0 bridgehead atoms. The molecule has 1 aliphatic heterocycles. The van der Waals surface area contributed by atoms with E-state index in [0.29, 0.717) is 5.92 Å².